The smallest absolute Gasteiger partial charge is 0.238 e. The molecule has 1 N–H and O–H groups in total. The number of aryl methyl sites for hydroxylation is 1. The lowest BCUT2D eigenvalue weighted by molar-refractivity contribution is -0.114. The molecular formula is C6H8N2O3S3. The summed E-state index contributed by atoms with van der Waals surface area (Å²) in [6.07, 6.45) is 0. The molecular weight excluding hydrogens is 244 g/mol. The van der Waals surface area contributed by atoms with Crippen molar-refractivity contribution in [2.24, 2.45) is 0 Å². The van der Waals surface area contributed by atoms with Gasteiger partial charge in [0.25, 0.3) is 0 Å². The average Bonchev–Trinajstić information content (AvgIpc) is 2.27. The van der Waals surface area contributed by atoms with Crippen LogP contribution in [0.5, 0.6) is 0 Å². The van der Waals surface area contributed by atoms with Crippen LogP contribution in [-0.4, -0.2) is 19.3 Å². The zero-order chi connectivity index (χ0) is 10.9. The molecule has 0 aliphatic heterocycles. The fourth-order valence-electron chi connectivity index (χ4n) is 0.826. The Morgan fingerprint density at radius 1 is 1.57 bits per heavy atom. The molecule has 0 aliphatic rings. The van der Waals surface area contributed by atoms with E-state index in [4.69, 9.17) is 0 Å². The maximum Gasteiger partial charge on any atom is 0.238 e. The van der Waals surface area contributed by atoms with Crippen LogP contribution in [0.3, 0.4) is 0 Å². The molecule has 0 atom stereocenters. The van der Waals surface area contributed by atoms with Crippen molar-refractivity contribution < 1.29 is 13.2 Å². The van der Waals surface area contributed by atoms with E-state index in [2.05, 4.69) is 22.0 Å². The van der Waals surface area contributed by atoms with E-state index in [1.807, 2.05) is 0 Å². The number of amides is 1. The van der Waals surface area contributed by atoms with Gasteiger partial charge in [-0.05, 0) is 18.6 Å². The van der Waals surface area contributed by atoms with Crippen LogP contribution >= 0.6 is 23.0 Å². The zero-order valence-corrected chi connectivity index (χ0v) is 9.96. The van der Waals surface area contributed by atoms with E-state index in [1.165, 1.54) is 6.92 Å². The normalized spacial score (nSPS) is 11.4. The van der Waals surface area contributed by atoms with Crippen LogP contribution in [0.2, 0.25) is 0 Å². The number of nitrogens with zero attached hydrogens (tertiary/aromatic N) is 1. The van der Waals surface area contributed by atoms with E-state index in [0.717, 1.165) is 11.3 Å². The van der Waals surface area contributed by atoms with Crippen LogP contribution in [0.4, 0.5) is 5.13 Å². The first-order chi connectivity index (χ1) is 6.30. The minimum atomic E-state index is -3.55. The van der Waals surface area contributed by atoms with E-state index in [0.29, 0.717) is 5.69 Å². The van der Waals surface area contributed by atoms with Gasteiger partial charge in [-0.1, -0.05) is 11.3 Å². The summed E-state index contributed by atoms with van der Waals surface area (Å²) >= 11 is 4.34. The maximum atomic E-state index is 11.1. The molecule has 0 aromatic carbocycles. The summed E-state index contributed by atoms with van der Waals surface area (Å²) in [5, 5.41) is 2.67. The molecule has 0 saturated heterocycles. The van der Waals surface area contributed by atoms with Gasteiger partial charge >= 0.3 is 0 Å². The minimum absolute atomic E-state index is 0.0598. The van der Waals surface area contributed by atoms with Crippen molar-refractivity contribution in [2.45, 2.75) is 18.1 Å². The molecule has 1 aromatic heterocycles. The molecule has 0 bridgehead atoms. The predicted octanol–water partition coefficient (Wildman–Crippen LogP) is 1.03. The van der Waals surface area contributed by atoms with Gasteiger partial charge in [-0.15, -0.1) is 0 Å². The van der Waals surface area contributed by atoms with Crippen molar-refractivity contribution in [2.75, 3.05) is 5.32 Å². The molecule has 0 fully saturated rings. The number of nitrogens with one attached hydrogen (secondary N) is 1. The van der Waals surface area contributed by atoms with Crippen molar-refractivity contribution >= 4 is 42.9 Å². The van der Waals surface area contributed by atoms with Gasteiger partial charge < -0.3 is 5.32 Å². The lowest BCUT2D eigenvalue weighted by Gasteiger charge is -1.92. The summed E-state index contributed by atoms with van der Waals surface area (Å²) in [6.45, 7) is 2.87. The first kappa shape index (κ1) is 11.5. The van der Waals surface area contributed by atoms with Crippen LogP contribution in [-0.2, 0) is 13.7 Å². The molecule has 8 heteroatoms. The van der Waals surface area contributed by atoms with Crippen LogP contribution in [0.25, 0.3) is 0 Å². The Kier molecular flexibility index (Phi) is 3.17. The Morgan fingerprint density at radius 3 is 2.50 bits per heavy atom. The Labute approximate surface area is 90.3 Å². The summed E-state index contributed by atoms with van der Waals surface area (Å²) in [5.74, 6) is -0.290. The lowest BCUT2D eigenvalue weighted by atomic mass is 10.6. The SMILES string of the molecule is CC(=O)Nc1nc(C)c(S(=O)(=O)S)s1. The molecule has 5 nitrogen and oxygen atoms in total. The molecule has 0 unspecified atom stereocenters. The summed E-state index contributed by atoms with van der Waals surface area (Å²) in [7, 11) is -3.55. The van der Waals surface area contributed by atoms with Gasteiger partial charge in [0, 0.05) is 6.92 Å². The molecule has 0 radical (unpaired) electrons. The van der Waals surface area contributed by atoms with Gasteiger partial charge in [-0.25, -0.2) is 13.4 Å². The van der Waals surface area contributed by atoms with E-state index < -0.39 is 8.87 Å². The third-order valence-corrected chi connectivity index (χ3v) is 4.73. The van der Waals surface area contributed by atoms with Crippen molar-refractivity contribution in [1.82, 2.24) is 4.98 Å². The van der Waals surface area contributed by atoms with Crippen LogP contribution < -0.4 is 5.32 Å². The van der Waals surface area contributed by atoms with E-state index in [9.17, 15) is 13.2 Å². The second-order valence-corrected chi connectivity index (χ2v) is 6.61. The highest BCUT2D eigenvalue weighted by molar-refractivity contribution is 8.64. The second kappa shape index (κ2) is 3.87. The third kappa shape index (κ3) is 2.69. The Balaban J connectivity index is 3.12. The number of thiazole rings is 1. The lowest BCUT2D eigenvalue weighted by Crippen LogP contribution is -2.04. The zero-order valence-electron chi connectivity index (χ0n) is 7.44. The molecule has 1 heterocycles. The van der Waals surface area contributed by atoms with Gasteiger partial charge in [0.15, 0.2) is 9.34 Å². The fourth-order valence-corrected chi connectivity index (χ4v) is 3.38. The summed E-state index contributed by atoms with van der Waals surface area (Å²) in [4.78, 5) is 14.5. The quantitative estimate of drug-likeness (QED) is 0.609. The summed E-state index contributed by atoms with van der Waals surface area (Å²) < 4.78 is 22.2. The van der Waals surface area contributed by atoms with Crippen molar-refractivity contribution in [1.29, 1.82) is 0 Å². The van der Waals surface area contributed by atoms with Gasteiger partial charge in [-0.2, -0.15) is 0 Å². The van der Waals surface area contributed by atoms with Gasteiger partial charge in [0.2, 0.25) is 14.8 Å². The number of aromatic nitrogens is 1. The molecule has 0 saturated carbocycles. The standard InChI is InChI=1S/C6H8N2O3S3/c1-3-5(14(10,11)12)13-6(7-3)8-4(2)9/h1-2H3,(H,7,8,9)(H,10,11,12). The number of carbonyl (C=O) groups excluding carboxylic acids is 1. The highest BCUT2D eigenvalue weighted by atomic mass is 33.1. The largest absolute Gasteiger partial charge is 0.302 e. The molecule has 14 heavy (non-hydrogen) atoms. The maximum absolute atomic E-state index is 11.1. The molecule has 78 valence electrons. The second-order valence-electron chi connectivity index (χ2n) is 2.55. The van der Waals surface area contributed by atoms with Crippen molar-refractivity contribution in [3.05, 3.63) is 5.69 Å². The Hall–Kier alpha value is -0.600. The molecule has 1 amide bonds. The number of carbonyl (C=O) groups is 1. The molecule has 1 aromatic rings. The minimum Gasteiger partial charge on any atom is -0.302 e. The number of anilines is 1. The molecule has 1 rings (SSSR count). The highest BCUT2D eigenvalue weighted by Crippen LogP contribution is 2.29. The van der Waals surface area contributed by atoms with Gasteiger partial charge in [0.1, 0.15) is 0 Å². The first-order valence-corrected chi connectivity index (χ1v) is 6.88. The number of hydrogen-bond donors (Lipinski definition) is 2. The summed E-state index contributed by atoms with van der Waals surface area (Å²) in [6, 6.07) is 0. The average molecular weight is 252 g/mol. The predicted molar refractivity (Wildman–Crippen MR) is 57.3 cm³/mol. The van der Waals surface area contributed by atoms with E-state index >= 15 is 0 Å². The monoisotopic (exact) mass is 252 g/mol. The molecule has 0 spiro atoms. The third-order valence-electron chi connectivity index (χ3n) is 1.27. The molecule has 0 aliphatic carbocycles. The van der Waals surface area contributed by atoms with Crippen molar-refractivity contribution in [3.8, 4) is 0 Å². The van der Waals surface area contributed by atoms with Crippen LogP contribution in [0, 0.1) is 6.92 Å². The Morgan fingerprint density at radius 2 is 2.14 bits per heavy atom. The van der Waals surface area contributed by atoms with E-state index in [-0.39, 0.29) is 15.2 Å². The summed E-state index contributed by atoms with van der Waals surface area (Å²) in [5.41, 5.74) is 0.341. The number of thiol groups is 1. The number of hydrogen-bond acceptors (Lipinski definition) is 5. The first-order valence-electron chi connectivity index (χ1n) is 3.53. The van der Waals surface area contributed by atoms with Crippen molar-refractivity contribution in [3.63, 3.8) is 0 Å². The van der Waals surface area contributed by atoms with Crippen LogP contribution in [0.1, 0.15) is 12.6 Å². The van der Waals surface area contributed by atoms with E-state index in [1.54, 1.807) is 6.92 Å². The highest BCUT2D eigenvalue weighted by Gasteiger charge is 2.18. The fraction of sp³-hybridized carbons (Fsp3) is 0.333. The van der Waals surface area contributed by atoms with Gasteiger partial charge in [-0.3, -0.25) is 4.79 Å². The van der Waals surface area contributed by atoms with Gasteiger partial charge in [0.05, 0.1) is 5.69 Å². The number of rotatable bonds is 2. The van der Waals surface area contributed by atoms with Crippen LogP contribution in [0.15, 0.2) is 4.21 Å². The topological polar surface area (TPSA) is 76.1 Å². The Bertz CT molecular complexity index is 463.